The standard InChI is InChI=1S/C17H17F6NO3/c1-10(25)8-14(26)24-7-3-2-4-11-9-12(5-6-13(11)24)15(27,16(18,19)20)17(21,22)23/h5-6,9,27H,2-4,7-8H2,1H3. The molecule has 4 nitrogen and oxygen atoms in total. The normalized spacial score (nSPS) is 15.9. The number of anilines is 1. The Kier molecular flexibility index (Phi) is 5.61. The van der Waals surface area contributed by atoms with Crippen molar-refractivity contribution >= 4 is 17.4 Å². The van der Waals surface area contributed by atoms with E-state index in [9.17, 15) is 41.0 Å². The Morgan fingerprint density at radius 2 is 1.67 bits per heavy atom. The van der Waals surface area contributed by atoms with Gasteiger partial charge in [0.15, 0.2) is 0 Å². The van der Waals surface area contributed by atoms with Gasteiger partial charge in [0.05, 0.1) is 6.42 Å². The van der Waals surface area contributed by atoms with Crippen LogP contribution >= 0.6 is 0 Å². The van der Waals surface area contributed by atoms with Crippen LogP contribution in [0.4, 0.5) is 32.0 Å². The zero-order valence-electron chi connectivity index (χ0n) is 14.2. The van der Waals surface area contributed by atoms with E-state index in [1.165, 1.54) is 11.8 Å². The molecule has 1 heterocycles. The van der Waals surface area contributed by atoms with Gasteiger partial charge in [0.2, 0.25) is 5.91 Å². The molecule has 0 aromatic heterocycles. The first-order valence-electron chi connectivity index (χ1n) is 8.08. The van der Waals surface area contributed by atoms with Crippen LogP contribution in [-0.4, -0.2) is 35.7 Å². The Labute approximate surface area is 150 Å². The molecule has 0 bridgehead atoms. The number of benzene rings is 1. The van der Waals surface area contributed by atoms with Crippen molar-refractivity contribution in [1.29, 1.82) is 0 Å². The summed E-state index contributed by atoms with van der Waals surface area (Å²) in [7, 11) is 0. The van der Waals surface area contributed by atoms with Crippen LogP contribution in [0.25, 0.3) is 0 Å². The van der Waals surface area contributed by atoms with E-state index in [0.717, 1.165) is 6.07 Å². The number of Topliss-reactive ketones (excluding diaryl/α,β-unsaturated/α-hetero) is 1. The Morgan fingerprint density at radius 1 is 1.07 bits per heavy atom. The smallest absolute Gasteiger partial charge is 0.369 e. The number of fused-ring (bicyclic) bond motifs is 1. The molecule has 0 spiro atoms. The lowest BCUT2D eigenvalue weighted by Gasteiger charge is -2.33. The number of carbonyl (C=O) groups is 2. The molecule has 1 N–H and O–H groups in total. The molecule has 0 unspecified atom stereocenters. The molecule has 1 aliphatic heterocycles. The molecule has 0 saturated heterocycles. The van der Waals surface area contributed by atoms with Crippen LogP contribution in [0.15, 0.2) is 18.2 Å². The largest absolute Gasteiger partial charge is 0.430 e. The Balaban J connectivity index is 2.55. The summed E-state index contributed by atoms with van der Waals surface area (Å²) < 4.78 is 78.4. The zero-order valence-corrected chi connectivity index (χ0v) is 14.2. The molecule has 0 saturated carbocycles. The summed E-state index contributed by atoms with van der Waals surface area (Å²) in [6.07, 6.45) is -11.3. The zero-order chi connectivity index (χ0) is 20.6. The van der Waals surface area contributed by atoms with Gasteiger partial charge in [-0.05, 0) is 37.8 Å². The van der Waals surface area contributed by atoms with Gasteiger partial charge in [0.25, 0.3) is 5.60 Å². The van der Waals surface area contributed by atoms with Crippen molar-refractivity contribution in [2.45, 2.75) is 50.6 Å². The third kappa shape index (κ3) is 3.95. The number of hydrogen-bond acceptors (Lipinski definition) is 3. The number of hydrogen-bond donors (Lipinski definition) is 1. The SMILES string of the molecule is CC(=O)CC(=O)N1CCCCc2cc(C(O)(C(F)(F)F)C(F)(F)F)ccc21. The van der Waals surface area contributed by atoms with E-state index in [4.69, 9.17) is 0 Å². The number of rotatable bonds is 3. The van der Waals surface area contributed by atoms with Gasteiger partial charge in [-0.25, -0.2) is 0 Å². The summed E-state index contributed by atoms with van der Waals surface area (Å²) in [4.78, 5) is 24.6. The van der Waals surface area contributed by atoms with Crippen LogP contribution in [0.5, 0.6) is 0 Å². The van der Waals surface area contributed by atoms with E-state index >= 15 is 0 Å². The number of aliphatic hydroxyl groups is 1. The fourth-order valence-corrected chi connectivity index (χ4v) is 3.04. The number of carbonyl (C=O) groups excluding carboxylic acids is 2. The maximum Gasteiger partial charge on any atom is 0.430 e. The van der Waals surface area contributed by atoms with E-state index < -0.39 is 41.6 Å². The predicted octanol–water partition coefficient (Wildman–Crippen LogP) is 3.65. The van der Waals surface area contributed by atoms with Crippen molar-refractivity contribution in [3.63, 3.8) is 0 Å². The summed E-state index contributed by atoms with van der Waals surface area (Å²) in [5, 5.41) is 9.55. The van der Waals surface area contributed by atoms with Crippen molar-refractivity contribution < 1.29 is 41.0 Å². The van der Waals surface area contributed by atoms with Crippen LogP contribution in [0.1, 0.15) is 37.3 Å². The van der Waals surface area contributed by atoms with Crippen LogP contribution in [0, 0.1) is 0 Å². The minimum absolute atomic E-state index is 0.0776. The van der Waals surface area contributed by atoms with Gasteiger partial charge in [-0.3, -0.25) is 9.59 Å². The highest BCUT2D eigenvalue weighted by Gasteiger charge is 2.71. The lowest BCUT2D eigenvalue weighted by atomic mass is 9.89. The van der Waals surface area contributed by atoms with Crippen molar-refractivity contribution in [3.05, 3.63) is 29.3 Å². The fourth-order valence-electron chi connectivity index (χ4n) is 3.04. The highest BCUT2D eigenvalue weighted by atomic mass is 19.4. The van der Waals surface area contributed by atoms with Gasteiger partial charge in [-0.2, -0.15) is 26.3 Å². The molecule has 0 atom stereocenters. The highest BCUT2D eigenvalue weighted by Crippen LogP contribution is 2.50. The lowest BCUT2D eigenvalue weighted by molar-refractivity contribution is -0.376. The van der Waals surface area contributed by atoms with E-state index in [0.29, 0.717) is 25.0 Å². The quantitative estimate of drug-likeness (QED) is 0.626. The number of alkyl halides is 6. The predicted molar refractivity (Wildman–Crippen MR) is 83.0 cm³/mol. The van der Waals surface area contributed by atoms with Crippen molar-refractivity contribution in [3.8, 4) is 0 Å². The maximum atomic E-state index is 13.1. The first-order chi connectivity index (χ1) is 12.3. The van der Waals surface area contributed by atoms with E-state index in [1.807, 2.05) is 0 Å². The van der Waals surface area contributed by atoms with Crippen molar-refractivity contribution in [2.24, 2.45) is 0 Å². The van der Waals surface area contributed by atoms with Crippen molar-refractivity contribution in [2.75, 3.05) is 11.4 Å². The number of amides is 1. The topological polar surface area (TPSA) is 57.6 Å². The molecular weight excluding hydrogens is 380 g/mol. The van der Waals surface area contributed by atoms with Gasteiger partial charge in [-0.1, -0.05) is 12.1 Å². The molecule has 0 radical (unpaired) electrons. The van der Waals surface area contributed by atoms with Crippen LogP contribution in [0.2, 0.25) is 0 Å². The number of halogens is 6. The van der Waals surface area contributed by atoms with Gasteiger partial charge < -0.3 is 10.0 Å². The summed E-state index contributed by atoms with van der Waals surface area (Å²) >= 11 is 0. The summed E-state index contributed by atoms with van der Waals surface area (Å²) in [5.41, 5.74) is -6.15. The second-order valence-electron chi connectivity index (χ2n) is 6.43. The molecule has 1 aromatic rings. The molecule has 1 aliphatic rings. The van der Waals surface area contributed by atoms with Gasteiger partial charge in [-0.15, -0.1) is 0 Å². The third-order valence-electron chi connectivity index (χ3n) is 4.39. The highest BCUT2D eigenvalue weighted by molar-refractivity contribution is 6.05. The second-order valence-corrected chi connectivity index (χ2v) is 6.43. The van der Waals surface area contributed by atoms with Gasteiger partial charge in [0.1, 0.15) is 5.78 Å². The average molecular weight is 397 g/mol. The monoisotopic (exact) mass is 397 g/mol. The summed E-state index contributed by atoms with van der Waals surface area (Å²) in [6.45, 7) is 1.40. The second kappa shape index (κ2) is 7.14. The molecule has 0 fully saturated rings. The lowest BCUT2D eigenvalue weighted by Crippen LogP contribution is -2.54. The Morgan fingerprint density at radius 3 is 2.19 bits per heavy atom. The molecule has 150 valence electrons. The minimum atomic E-state index is -5.98. The molecule has 1 amide bonds. The summed E-state index contributed by atoms with van der Waals surface area (Å²) in [5.74, 6) is -0.994. The minimum Gasteiger partial charge on any atom is -0.369 e. The average Bonchev–Trinajstić information content (AvgIpc) is 2.72. The fraction of sp³-hybridized carbons (Fsp3) is 0.529. The van der Waals surface area contributed by atoms with E-state index in [1.54, 1.807) is 0 Å². The molecule has 27 heavy (non-hydrogen) atoms. The first kappa shape index (κ1) is 21.2. The van der Waals surface area contributed by atoms with Crippen LogP contribution < -0.4 is 4.90 Å². The number of aryl methyl sites for hydroxylation is 1. The summed E-state index contributed by atoms with van der Waals surface area (Å²) in [6, 6.07) is 2.10. The molecule has 0 aliphatic carbocycles. The number of ketones is 1. The molecule has 2 rings (SSSR count). The Bertz CT molecular complexity index is 727. The first-order valence-corrected chi connectivity index (χ1v) is 8.08. The van der Waals surface area contributed by atoms with E-state index in [-0.39, 0.29) is 24.2 Å². The third-order valence-corrected chi connectivity index (χ3v) is 4.39. The maximum absolute atomic E-state index is 13.1. The van der Waals surface area contributed by atoms with Crippen LogP contribution in [0.3, 0.4) is 0 Å². The van der Waals surface area contributed by atoms with E-state index in [2.05, 4.69) is 0 Å². The molecule has 10 heteroatoms. The Hall–Kier alpha value is -2.10. The van der Waals surface area contributed by atoms with Crippen molar-refractivity contribution in [1.82, 2.24) is 0 Å². The molecule has 1 aromatic carbocycles. The van der Waals surface area contributed by atoms with Crippen LogP contribution in [-0.2, 0) is 21.6 Å². The number of nitrogens with zero attached hydrogens (tertiary/aromatic N) is 1. The van der Waals surface area contributed by atoms with Gasteiger partial charge >= 0.3 is 12.4 Å². The molecular formula is C17H17F6NO3. The van der Waals surface area contributed by atoms with Gasteiger partial charge in [0, 0.05) is 17.8 Å².